The normalized spacial score (nSPS) is 40.6. The Bertz CT molecular complexity index is 396. The van der Waals surface area contributed by atoms with Crippen LogP contribution in [0.5, 0.6) is 0 Å². The van der Waals surface area contributed by atoms with Gasteiger partial charge in [-0.2, -0.15) is 0 Å². The van der Waals surface area contributed by atoms with E-state index >= 15 is 0 Å². The van der Waals surface area contributed by atoms with E-state index in [-0.39, 0.29) is 6.04 Å². The second kappa shape index (κ2) is 5.10. The van der Waals surface area contributed by atoms with Gasteiger partial charge in [-0.3, -0.25) is 0 Å². The van der Waals surface area contributed by atoms with Gasteiger partial charge in [0.1, 0.15) is 0 Å². The molecule has 1 N–H and O–H groups in total. The highest BCUT2D eigenvalue weighted by atomic mass is 32.2. The molecular weight excluding hydrogens is 248 g/mol. The van der Waals surface area contributed by atoms with E-state index in [1.807, 2.05) is 0 Å². The molecule has 0 radical (unpaired) electrons. The summed E-state index contributed by atoms with van der Waals surface area (Å²) in [6.07, 6.45) is 6.95. The Kier molecular flexibility index (Phi) is 3.65. The van der Waals surface area contributed by atoms with Crippen LogP contribution in [0, 0.1) is 0 Å². The van der Waals surface area contributed by atoms with Crippen LogP contribution in [0.15, 0.2) is 0 Å². The average molecular weight is 272 g/mol. The fourth-order valence-corrected chi connectivity index (χ4v) is 5.51. The Labute approximate surface area is 110 Å². The number of nitrogens with zero attached hydrogens (tertiary/aromatic N) is 1. The number of sulfone groups is 1. The molecule has 3 aliphatic heterocycles. The summed E-state index contributed by atoms with van der Waals surface area (Å²) >= 11 is 0. The zero-order valence-electron chi connectivity index (χ0n) is 11.0. The first kappa shape index (κ1) is 12.9. The molecule has 3 atom stereocenters. The minimum Gasteiger partial charge on any atom is -0.310 e. The lowest BCUT2D eigenvalue weighted by Crippen LogP contribution is -2.51. The lowest BCUT2D eigenvalue weighted by atomic mass is 9.96. The van der Waals surface area contributed by atoms with Gasteiger partial charge in [0.05, 0.1) is 11.5 Å². The summed E-state index contributed by atoms with van der Waals surface area (Å²) in [4.78, 5) is 2.61. The van der Waals surface area contributed by atoms with Crippen molar-refractivity contribution in [3.63, 3.8) is 0 Å². The summed E-state index contributed by atoms with van der Waals surface area (Å²) in [5, 5.41) is 3.62. The predicted molar refractivity (Wildman–Crippen MR) is 72.4 cm³/mol. The van der Waals surface area contributed by atoms with E-state index in [1.54, 1.807) is 0 Å². The van der Waals surface area contributed by atoms with E-state index in [1.165, 1.54) is 38.8 Å². The molecule has 0 amide bonds. The van der Waals surface area contributed by atoms with Gasteiger partial charge in [0, 0.05) is 18.1 Å². The fourth-order valence-electron chi connectivity index (χ4n) is 3.86. The number of nitrogens with one attached hydrogen (secondary N) is 1. The lowest BCUT2D eigenvalue weighted by Gasteiger charge is -2.37. The first-order valence-corrected chi connectivity index (χ1v) is 9.15. The van der Waals surface area contributed by atoms with Crippen molar-refractivity contribution in [2.75, 3.05) is 24.6 Å². The molecular formula is C13H24N2O2S. The largest absolute Gasteiger partial charge is 0.310 e. The molecule has 3 unspecified atom stereocenters. The first-order valence-electron chi connectivity index (χ1n) is 7.33. The highest BCUT2D eigenvalue weighted by Gasteiger charge is 2.33. The van der Waals surface area contributed by atoms with Crippen LogP contribution < -0.4 is 5.32 Å². The molecule has 3 fully saturated rings. The van der Waals surface area contributed by atoms with Crippen molar-refractivity contribution in [2.45, 2.75) is 56.7 Å². The van der Waals surface area contributed by atoms with Crippen molar-refractivity contribution in [2.24, 2.45) is 0 Å². The van der Waals surface area contributed by atoms with Gasteiger partial charge in [-0.15, -0.1) is 0 Å². The van der Waals surface area contributed by atoms with E-state index < -0.39 is 9.84 Å². The molecule has 3 heterocycles. The van der Waals surface area contributed by atoms with Crippen LogP contribution in [-0.4, -0.2) is 56.0 Å². The lowest BCUT2D eigenvalue weighted by molar-refractivity contribution is 0.161. The summed E-state index contributed by atoms with van der Waals surface area (Å²) in [5.74, 6) is 0.754. The molecule has 0 aromatic heterocycles. The molecule has 0 saturated carbocycles. The molecule has 3 aliphatic rings. The third-order valence-electron chi connectivity index (χ3n) is 4.75. The number of hydrogen-bond acceptors (Lipinski definition) is 4. The number of rotatable bonds is 2. The summed E-state index contributed by atoms with van der Waals surface area (Å²) in [6, 6.07) is 1.51. The third kappa shape index (κ3) is 2.89. The Morgan fingerprint density at radius 1 is 1.00 bits per heavy atom. The maximum absolute atomic E-state index is 11.6. The summed E-state index contributed by atoms with van der Waals surface area (Å²) < 4.78 is 23.3. The molecule has 3 rings (SSSR count). The van der Waals surface area contributed by atoms with Gasteiger partial charge in [-0.1, -0.05) is 0 Å². The average Bonchev–Trinajstić information content (AvgIpc) is 2.74. The van der Waals surface area contributed by atoms with Crippen LogP contribution >= 0.6 is 0 Å². The second-order valence-corrected chi connectivity index (χ2v) is 8.40. The van der Waals surface area contributed by atoms with Gasteiger partial charge in [0.15, 0.2) is 9.84 Å². The minimum atomic E-state index is -2.77. The van der Waals surface area contributed by atoms with Gasteiger partial charge in [0.2, 0.25) is 0 Å². The van der Waals surface area contributed by atoms with Crippen molar-refractivity contribution < 1.29 is 8.42 Å². The first-order chi connectivity index (χ1) is 8.62. The summed E-state index contributed by atoms with van der Waals surface area (Å²) in [6.45, 7) is 2.47. The van der Waals surface area contributed by atoms with Crippen molar-refractivity contribution >= 4 is 9.84 Å². The molecule has 0 spiro atoms. The number of hydrogen-bond donors (Lipinski definition) is 1. The third-order valence-corrected chi connectivity index (χ3v) is 6.58. The Hall–Kier alpha value is -0.130. The number of fused-ring (bicyclic) bond motifs is 1. The quantitative estimate of drug-likeness (QED) is 0.807. The standard InChI is InChI=1S/C13H24N2O2S/c16-18(17)8-2-3-12(10-18)14-11-5-7-15-6-1-4-13(15)9-11/h11-14H,1-10H2. The minimum absolute atomic E-state index is 0.210. The summed E-state index contributed by atoms with van der Waals surface area (Å²) in [5.41, 5.74) is 0. The van der Waals surface area contributed by atoms with E-state index in [9.17, 15) is 8.42 Å². The Morgan fingerprint density at radius 3 is 2.72 bits per heavy atom. The Morgan fingerprint density at radius 2 is 1.89 bits per heavy atom. The topological polar surface area (TPSA) is 49.4 Å². The van der Waals surface area contributed by atoms with Gasteiger partial charge < -0.3 is 10.2 Å². The van der Waals surface area contributed by atoms with Crippen molar-refractivity contribution in [3.8, 4) is 0 Å². The molecule has 0 aliphatic carbocycles. The highest BCUT2D eigenvalue weighted by Crippen LogP contribution is 2.27. The Balaban J connectivity index is 1.53. The van der Waals surface area contributed by atoms with Crippen molar-refractivity contribution in [3.05, 3.63) is 0 Å². The van der Waals surface area contributed by atoms with E-state index in [0.717, 1.165) is 18.9 Å². The predicted octanol–water partition coefficient (Wildman–Crippen LogP) is 0.780. The number of piperidine rings is 1. The van der Waals surface area contributed by atoms with Crippen LogP contribution in [0.3, 0.4) is 0 Å². The van der Waals surface area contributed by atoms with Crippen molar-refractivity contribution in [1.82, 2.24) is 10.2 Å². The van der Waals surface area contributed by atoms with Crippen LogP contribution in [0.1, 0.15) is 38.5 Å². The van der Waals surface area contributed by atoms with Crippen LogP contribution in [0.4, 0.5) is 0 Å². The molecule has 5 heteroatoms. The molecule has 0 aromatic rings. The van der Waals surface area contributed by atoms with E-state index in [4.69, 9.17) is 0 Å². The molecule has 0 aromatic carbocycles. The molecule has 104 valence electrons. The van der Waals surface area contributed by atoms with Gasteiger partial charge in [-0.25, -0.2) is 8.42 Å². The molecule has 18 heavy (non-hydrogen) atoms. The highest BCUT2D eigenvalue weighted by molar-refractivity contribution is 7.91. The SMILES string of the molecule is O=S1(=O)CCCC(NC2CCN3CCCC3C2)C1. The monoisotopic (exact) mass is 272 g/mol. The van der Waals surface area contributed by atoms with Gasteiger partial charge in [0.25, 0.3) is 0 Å². The maximum Gasteiger partial charge on any atom is 0.151 e. The zero-order chi connectivity index (χ0) is 12.6. The van der Waals surface area contributed by atoms with E-state index in [0.29, 0.717) is 17.5 Å². The van der Waals surface area contributed by atoms with Gasteiger partial charge in [-0.05, 0) is 51.6 Å². The molecule has 0 bridgehead atoms. The van der Waals surface area contributed by atoms with Crippen LogP contribution in [0.25, 0.3) is 0 Å². The maximum atomic E-state index is 11.6. The second-order valence-electron chi connectivity index (χ2n) is 6.17. The fraction of sp³-hybridized carbons (Fsp3) is 1.00. The van der Waals surface area contributed by atoms with Crippen LogP contribution in [0.2, 0.25) is 0 Å². The molecule has 4 nitrogen and oxygen atoms in total. The van der Waals surface area contributed by atoms with Crippen molar-refractivity contribution in [1.29, 1.82) is 0 Å². The van der Waals surface area contributed by atoms with Crippen LogP contribution in [-0.2, 0) is 9.84 Å². The molecule has 3 saturated heterocycles. The zero-order valence-corrected chi connectivity index (χ0v) is 11.8. The smallest absolute Gasteiger partial charge is 0.151 e. The van der Waals surface area contributed by atoms with Gasteiger partial charge >= 0.3 is 0 Å². The van der Waals surface area contributed by atoms with E-state index in [2.05, 4.69) is 10.2 Å². The summed E-state index contributed by atoms with van der Waals surface area (Å²) in [7, 11) is -2.77.